The summed E-state index contributed by atoms with van der Waals surface area (Å²) < 4.78 is 7.57. The van der Waals surface area contributed by atoms with E-state index in [4.69, 9.17) is 4.74 Å². The molecule has 1 N–H and O–H groups in total. The van der Waals surface area contributed by atoms with Crippen molar-refractivity contribution < 1.29 is 9.53 Å². The van der Waals surface area contributed by atoms with Crippen molar-refractivity contribution in [3.63, 3.8) is 0 Å². The molecule has 0 aromatic heterocycles. The van der Waals surface area contributed by atoms with Crippen LogP contribution in [0.25, 0.3) is 0 Å². The highest BCUT2D eigenvalue weighted by Crippen LogP contribution is 2.41. The summed E-state index contributed by atoms with van der Waals surface area (Å²) in [5.74, 6) is 0.646. The molecular weight excluding hydrogens is 338 g/mol. The van der Waals surface area contributed by atoms with Gasteiger partial charge in [0, 0.05) is 4.47 Å². The van der Waals surface area contributed by atoms with Gasteiger partial charge in [0.25, 0.3) is 0 Å². The number of ether oxygens (including phenoxy) is 1. The highest BCUT2D eigenvalue weighted by molar-refractivity contribution is 9.11. The largest absolute Gasteiger partial charge is 0.484 e. The van der Waals surface area contributed by atoms with Gasteiger partial charge in [0.05, 0.1) is 16.6 Å². The zero-order chi connectivity index (χ0) is 11.9. The number of carbonyl (C=O) groups excluding carboxylic acids is 1. The lowest BCUT2D eigenvalue weighted by Crippen LogP contribution is -2.30. The molecule has 0 bridgehead atoms. The van der Waals surface area contributed by atoms with Crippen molar-refractivity contribution in [1.29, 1.82) is 0 Å². The molecule has 0 saturated heterocycles. The second-order valence-electron chi connectivity index (χ2n) is 4.35. The van der Waals surface area contributed by atoms with Crippen LogP contribution in [0.5, 0.6) is 5.75 Å². The molecule has 1 aromatic rings. The standard InChI is InChI=1S/C11H11Br2NO2/c1-11(2)5-9(15)14-8-4-6(12)3-7(13)10(8)16-11/h3-4H,5H2,1-2H3,(H,14,15). The number of hydrogen-bond acceptors (Lipinski definition) is 2. The van der Waals surface area contributed by atoms with E-state index in [0.29, 0.717) is 17.9 Å². The molecule has 0 aliphatic carbocycles. The number of benzene rings is 1. The average molecular weight is 349 g/mol. The molecule has 0 atom stereocenters. The fourth-order valence-electron chi connectivity index (χ4n) is 1.65. The zero-order valence-corrected chi connectivity index (χ0v) is 12.1. The molecule has 0 saturated carbocycles. The Morgan fingerprint density at radius 2 is 2.06 bits per heavy atom. The summed E-state index contributed by atoms with van der Waals surface area (Å²) in [5.41, 5.74) is 0.197. The van der Waals surface area contributed by atoms with E-state index in [2.05, 4.69) is 37.2 Å². The summed E-state index contributed by atoms with van der Waals surface area (Å²) in [6, 6.07) is 3.73. The smallest absolute Gasteiger partial charge is 0.228 e. The third kappa shape index (κ3) is 2.40. The van der Waals surface area contributed by atoms with Crippen LogP contribution in [-0.4, -0.2) is 11.5 Å². The Morgan fingerprint density at radius 1 is 1.38 bits per heavy atom. The van der Waals surface area contributed by atoms with Crippen molar-refractivity contribution in [2.45, 2.75) is 25.9 Å². The van der Waals surface area contributed by atoms with Gasteiger partial charge in [-0.15, -0.1) is 0 Å². The molecule has 1 aliphatic rings. The van der Waals surface area contributed by atoms with E-state index in [0.717, 1.165) is 8.95 Å². The lowest BCUT2D eigenvalue weighted by molar-refractivity contribution is -0.118. The molecular formula is C11H11Br2NO2. The molecule has 16 heavy (non-hydrogen) atoms. The molecule has 1 heterocycles. The molecule has 0 radical (unpaired) electrons. The number of rotatable bonds is 0. The zero-order valence-electron chi connectivity index (χ0n) is 8.93. The minimum absolute atomic E-state index is 0.0336. The summed E-state index contributed by atoms with van der Waals surface area (Å²) in [6.07, 6.45) is 0.339. The highest BCUT2D eigenvalue weighted by atomic mass is 79.9. The highest BCUT2D eigenvalue weighted by Gasteiger charge is 2.30. The van der Waals surface area contributed by atoms with Crippen LogP contribution in [-0.2, 0) is 4.79 Å². The minimum Gasteiger partial charge on any atom is -0.484 e. The first kappa shape index (κ1) is 11.9. The summed E-state index contributed by atoms with van der Waals surface area (Å²) >= 11 is 6.81. The topological polar surface area (TPSA) is 38.3 Å². The predicted octanol–water partition coefficient (Wildman–Crippen LogP) is 3.71. The SMILES string of the molecule is CC1(C)CC(=O)Nc2cc(Br)cc(Br)c2O1. The Labute approximate surface area is 111 Å². The van der Waals surface area contributed by atoms with E-state index in [1.54, 1.807) is 0 Å². The number of carbonyl (C=O) groups is 1. The lowest BCUT2D eigenvalue weighted by atomic mass is 10.1. The van der Waals surface area contributed by atoms with E-state index < -0.39 is 5.60 Å². The van der Waals surface area contributed by atoms with Crippen molar-refractivity contribution >= 4 is 43.5 Å². The molecule has 0 fully saturated rings. The normalized spacial score (nSPS) is 18.1. The maximum absolute atomic E-state index is 11.7. The fraction of sp³-hybridized carbons (Fsp3) is 0.364. The Bertz CT molecular complexity index is 458. The molecule has 3 nitrogen and oxygen atoms in total. The van der Waals surface area contributed by atoms with Gasteiger partial charge in [0.2, 0.25) is 5.91 Å². The number of anilines is 1. The lowest BCUT2D eigenvalue weighted by Gasteiger charge is -2.23. The third-order valence-corrected chi connectivity index (χ3v) is 3.29. The Hall–Kier alpha value is -0.550. The fourth-order valence-corrected chi connectivity index (χ4v) is 2.96. The minimum atomic E-state index is -0.494. The van der Waals surface area contributed by atoms with Crippen LogP contribution in [0.4, 0.5) is 5.69 Å². The molecule has 2 rings (SSSR count). The van der Waals surface area contributed by atoms with E-state index in [1.165, 1.54) is 0 Å². The molecule has 86 valence electrons. The third-order valence-electron chi connectivity index (χ3n) is 2.25. The van der Waals surface area contributed by atoms with Gasteiger partial charge in [-0.25, -0.2) is 0 Å². The van der Waals surface area contributed by atoms with Gasteiger partial charge in [0.15, 0.2) is 5.75 Å². The second-order valence-corrected chi connectivity index (χ2v) is 6.12. The monoisotopic (exact) mass is 347 g/mol. The number of amides is 1. The summed E-state index contributed by atoms with van der Waals surface area (Å²) in [4.78, 5) is 11.7. The summed E-state index contributed by atoms with van der Waals surface area (Å²) in [6.45, 7) is 3.80. The van der Waals surface area contributed by atoms with Gasteiger partial charge < -0.3 is 10.1 Å². The van der Waals surface area contributed by atoms with Gasteiger partial charge in [-0.1, -0.05) is 15.9 Å². The van der Waals surface area contributed by atoms with Gasteiger partial charge in [0.1, 0.15) is 5.60 Å². The van der Waals surface area contributed by atoms with Crippen LogP contribution >= 0.6 is 31.9 Å². The summed E-state index contributed by atoms with van der Waals surface area (Å²) in [7, 11) is 0. The van der Waals surface area contributed by atoms with Crippen LogP contribution in [0.15, 0.2) is 21.1 Å². The summed E-state index contributed by atoms with van der Waals surface area (Å²) in [5, 5.41) is 2.84. The average Bonchev–Trinajstić information content (AvgIpc) is 2.19. The van der Waals surface area contributed by atoms with E-state index >= 15 is 0 Å². The maximum atomic E-state index is 11.7. The van der Waals surface area contributed by atoms with Gasteiger partial charge in [-0.05, 0) is 41.9 Å². The van der Waals surface area contributed by atoms with E-state index in [9.17, 15) is 4.79 Å². The van der Waals surface area contributed by atoms with Crippen molar-refractivity contribution in [1.82, 2.24) is 0 Å². The first-order valence-electron chi connectivity index (χ1n) is 4.85. The Balaban J connectivity index is 2.54. The van der Waals surface area contributed by atoms with Crippen molar-refractivity contribution in [2.75, 3.05) is 5.32 Å². The second kappa shape index (κ2) is 4.04. The van der Waals surface area contributed by atoms with Crippen molar-refractivity contribution in [2.24, 2.45) is 0 Å². The van der Waals surface area contributed by atoms with Crippen LogP contribution < -0.4 is 10.1 Å². The van der Waals surface area contributed by atoms with Crippen LogP contribution in [0.3, 0.4) is 0 Å². The van der Waals surface area contributed by atoms with Crippen molar-refractivity contribution in [3.05, 3.63) is 21.1 Å². The van der Waals surface area contributed by atoms with Gasteiger partial charge in [-0.3, -0.25) is 4.79 Å². The molecule has 1 amide bonds. The quantitative estimate of drug-likeness (QED) is 0.776. The van der Waals surface area contributed by atoms with Crippen LogP contribution in [0, 0.1) is 0 Å². The molecule has 1 aliphatic heterocycles. The van der Waals surface area contributed by atoms with Crippen molar-refractivity contribution in [3.8, 4) is 5.75 Å². The molecule has 1 aromatic carbocycles. The number of halogens is 2. The predicted molar refractivity (Wildman–Crippen MR) is 69.8 cm³/mol. The molecule has 5 heteroatoms. The number of nitrogens with one attached hydrogen (secondary N) is 1. The Kier molecular flexibility index (Phi) is 3.01. The van der Waals surface area contributed by atoms with E-state index in [-0.39, 0.29) is 5.91 Å². The number of fused-ring (bicyclic) bond motifs is 1. The molecule has 0 spiro atoms. The first-order chi connectivity index (χ1) is 7.37. The van der Waals surface area contributed by atoms with Crippen LogP contribution in [0.2, 0.25) is 0 Å². The van der Waals surface area contributed by atoms with Gasteiger partial charge >= 0.3 is 0 Å². The molecule has 0 unspecified atom stereocenters. The van der Waals surface area contributed by atoms with Gasteiger partial charge in [-0.2, -0.15) is 0 Å². The Morgan fingerprint density at radius 3 is 2.75 bits per heavy atom. The van der Waals surface area contributed by atoms with Crippen LogP contribution in [0.1, 0.15) is 20.3 Å². The van der Waals surface area contributed by atoms with E-state index in [1.807, 2.05) is 26.0 Å². The maximum Gasteiger partial charge on any atom is 0.228 e. The number of hydrogen-bond donors (Lipinski definition) is 1. The first-order valence-corrected chi connectivity index (χ1v) is 6.44.